The molecule has 4 rings (SSSR count). The third-order valence-corrected chi connectivity index (χ3v) is 4.48. The molecular weight excluding hydrogens is 328 g/mol. The Kier molecular flexibility index (Phi) is 4.01. The first-order valence-electron chi connectivity index (χ1n) is 8.44. The van der Waals surface area contributed by atoms with Gasteiger partial charge in [-0.2, -0.15) is 0 Å². The van der Waals surface area contributed by atoms with E-state index < -0.39 is 0 Å². The van der Waals surface area contributed by atoms with Crippen LogP contribution in [0.3, 0.4) is 0 Å². The van der Waals surface area contributed by atoms with E-state index in [1.165, 1.54) is 0 Å². The molecule has 6 heteroatoms. The lowest BCUT2D eigenvalue weighted by atomic mass is 10.0. The van der Waals surface area contributed by atoms with Gasteiger partial charge in [0.2, 0.25) is 5.91 Å². The fourth-order valence-electron chi connectivity index (χ4n) is 3.25. The van der Waals surface area contributed by atoms with E-state index in [1.807, 2.05) is 42.5 Å². The Balaban J connectivity index is 1.69. The van der Waals surface area contributed by atoms with Crippen LogP contribution >= 0.6 is 0 Å². The number of nitrogens with two attached hydrogens (primary N) is 1. The first kappa shape index (κ1) is 16.1. The standard InChI is InChI=1S/C20H18N4O2/c21-19(25)9-12-2-1-3-13(8-12)17-10-14(4-6-22-17)18-11-15-16(24-18)5-7-23-20(15)26/h1-4,6,8,10-11,24H,5,7,9H2,(H2,21,25)(H,23,26). The third kappa shape index (κ3) is 3.09. The van der Waals surface area contributed by atoms with Crippen LogP contribution in [0.5, 0.6) is 0 Å². The smallest absolute Gasteiger partial charge is 0.253 e. The van der Waals surface area contributed by atoms with Crippen LogP contribution in [0.1, 0.15) is 21.6 Å². The van der Waals surface area contributed by atoms with Crippen LogP contribution in [0.15, 0.2) is 48.7 Å². The minimum atomic E-state index is -0.362. The summed E-state index contributed by atoms with van der Waals surface area (Å²) >= 11 is 0. The molecule has 130 valence electrons. The number of carbonyl (C=O) groups excluding carboxylic acids is 2. The minimum Gasteiger partial charge on any atom is -0.369 e. The summed E-state index contributed by atoms with van der Waals surface area (Å²) < 4.78 is 0. The first-order chi connectivity index (χ1) is 12.6. The fourth-order valence-corrected chi connectivity index (χ4v) is 3.25. The first-order valence-corrected chi connectivity index (χ1v) is 8.44. The SMILES string of the molecule is NC(=O)Cc1cccc(-c2cc(-c3cc4c([nH]3)CCNC4=O)ccn2)c1. The summed E-state index contributed by atoms with van der Waals surface area (Å²) in [4.78, 5) is 30.9. The molecule has 0 saturated carbocycles. The Morgan fingerprint density at radius 2 is 2.04 bits per heavy atom. The summed E-state index contributed by atoms with van der Waals surface area (Å²) in [5.74, 6) is -0.402. The van der Waals surface area contributed by atoms with Gasteiger partial charge in [-0.15, -0.1) is 0 Å². The van der Waals surface area contributed by atoms with E-state index in [0.717, 1.165) is 40.2 Å². The maximum atomic E-state index is 12.0. The number of H-pyrrole nitrogens is 1. The lowest BCUT2D eigenvalue weighted by molar-refractivity contribution is -0.117. The molecule has 4 N–H and O–H groups in total. The zero-order valence-corrected chi connectivity index (χ0v) is 14.1. The van der Waals surface area contributed by atoms with E-state index in [9.17, 15) is 9.59 Å². The van der Waals surface area contributed by atoms with Crippen molar-refractivity contribution in [3.8, 4) is 22.5 Å². The third-order valence-electron chi connectivity index (χ3n) is 4.48. The van der Waals surface area contributed by atoms with E-state index in [2.05, 4.69) is 15.3 Å². The zero-order valence-electron chi connectivity index (χ0n) is 14.1. The minimum absolute atomic E-state index is 0.0396. The predicted molar refractivity (Wildman–Crippen MR) is 98.4 cm³/mol. The van der Waals surface area contributed by atoms with Crippen LogP contribution in [0.4, 0.5) is 0 Å². The molecule has 1 aromatic carbocycles. The van der Waals surface area contributed by atoms with Gasteiger partial charge in [0.05, 0.1) is 17.7 Å². The summed E-state index contributed by atoms with van der Waals surface area (Å²) in [7, 11) is 0. The van der Waals surface area contributed by atoms with Gasteiger partial charge in [0, 0.05) is 41.7 Å². The molecule has 1 aliphatic rings. The lowest BCUT2D eigenvalue weighted by Gasteiger charge is -2.11. The van der Waals surface area contributed by atoms with Crippen molar-refractivity contribution >= 4 is 11.8 Å². The summed E-state index contributed by atoms with van der Waals surface area (Å²) in [6.07, 6.45) is 2.74. The van der Waals surface area contributed by atoms with Crippen molar-refractivity contribution < 1.29 is 9.59 Å². The Morgan fingerprint density at radius 1 is 1.15 bits per heavy atom. The average molecular weight is 346 g/mol. The molecule has 0 spiro atoms. The van der Waals surface area contributed by atoms with Crippen LogP contribution in [-0.2, 0) is 17.6 Å². The van der Waals surface area contributed by atoms with Crippen molar-refractivity contribution in [3.63, 3.8) is 0 Å². The summed E-state index contributed by atoms with van der Waals surface area (Å²) in [6, 6.07) is 13.4. The summed E-state index contributed by atoms with van der Waals surface area (Å²) in [5.41, 5.74) is 11.4. The van der Waals surface area contributed by atoms with E-state index in [-0.39, 0.29) is 18.2 Å². The van der Waals surface area contributed by atoms with Gasteiger partial charge in [0.1, 0.15) is 0 Å². The number of aromatic nitrogens is 2. The molecule has 0 bridgehead atoms. The average Bonchev–Trinajstić information content (AvgIpc) is 3.07. The largest absolute Gasteiger partial charge is 0.369 e. The van der Waals surface area contributed by atoms with Crippen LogP contribution < -0.4 is 11.1 Å². The molecule has 0 atom stereocenters. The second kappa shape index (κ2) is 6.48. The number of hydrogen-bond donors (Lipinski definition) is 3. The number of carbonyl (C=O) groups is 2. The number of amides is 2. The number of hydrogen-bond acceptors (Lipinski definition) is 3. The topological polar surface area (TPSA) is 101 Å². The van der Waals surface area contributed by atoms with Gasteiger partial charge in [-0.3, -0.25) is 14.6 Å². The molecule has 3 heterocycles. The van der Waals surface area contributed by atoms with Crippen LogP contribution in [-0.4, -0.2) is 28.3 Å². The normalized spacial score (nSPS) is 13.2. The second-order valence-electron chi connectivity index (χ2n) is 6.35. The van der Waals surface area contributed by atoms with Crippen LogP contribution in [0, 0.1) is 0 Å². The van der Waals surface area contributed by atoms with Crippen molar-refractivity contribution in [1.29, 1.82) is 0 Å². The highest BCUT2D eigenvalue weighted by Gasteiger charge is 2.20. The number of primary amides is 1. The highest BCUT2D eigenvalue weighted by molar-refractivity contribution is 5.97. The molecule has 1 aliphatic heterocycles. The van der Waals surface area contributed by atoms with Gasteiger partial charge >= 0.3 is 0 Å². The van der Waals surface area contributed by atoms with Crippen molar-refractivity contribution in [3.05, 3.63) is 65.5 Å². The van der Waals surface area contributed by atoms with Crippen molar-refractivity contribution in [2.75, 3.05) is 6.54 Å². The maximum Gasteiger partial charge on any atom is 0.253 e. The molecule has 0 saturated heterocycles. The molecule has 6 nitrogen and oxygen atoms in total. The Morgan fingerprint density at radius 3 is 2.85 bits per heavy atom. The van der Waals surface area contributed by atoms with Gasteiger partial charge in [-0.05, 0) is 29.8 Å². The molecule has 0 fully saturated rings. The predicted octanol–water partition coefficient (Wildman–Crippen LogP) is 2.06. The van der Waals surface area contributed by atoms with Crippen LogP contribution in [0.2, 0.25) is 0 Å². The number of nitrogens with one attached hydrogen (secondary N) is 2. The number of fused-ring (bicyclic) bond motifs is 1. The molecule has 26 heavy (non-hydrogen) atoms. The highest BCUT2D eigenvalue weighted by atomic mass is 16.2. The van der Waals surface area contributed by atoms with Gasteiger partial charge in [-0.25, -0.2) is 0 Å². The molecule has 2 amide bonds. The van der Waals surface area contributed by atoms with E-state index in [1.54, 1.807) is 6.20 Å². The maximum absolute atomic E-state index is 12.0. The van der Waals surface area contributed by atoms with Gasteiger partial charge in [-0.1, -0.05) is 18.2 Å². The Labute approximate surface area is 150 Å². The molecule has 2 aromatic heterocycles. The number of rotatable bonds is 4. The summed E-state index contributed by atoms with van der Waals surface area (Å²) in [5, 5.41) is 2.85. The lowest BCUT2D eigenvalue weighted by Crippen LogP contribution is -2.31. The summed E-state index contributed by atoms with van der Waals surface area (Å²) in [6.45, 7) is 0.653. The number of nitrogens with zero attached hydrogens (tertiary/aromatic N) is 1. The molecular formula is C20H18N4O2. The molecule has 0 unspecified atom stereocenters. The van der Waals surface area contributed by atoms with Gasteiger partial charge < -0.3 is 16.0 Å². The molecule has 3 aromatic rings. The number of benzene rings is 1. The van der Waals surface area contributed by atoms with E-state index in [0.29, 0.717) is 12.1 Å². The second-order valence-corrected chi connectivity index (χ2v) is 6.35. The van der Waals surface area contributed by atoms with Crippen molar-refractivity contribution in [2.45, 2.75) is 12.8 Å². The highest BCUT2D eigenvalue weighted by Crippen LogP contribution is 2.27. The van der Waals surface area contributed by atoms with Crippen LogP contribution in [0.25, 0.3) is 22.5 Å². The van der Waals surface area contributed by atoms with Crippen molar-refractivity contribution in [2.24, 2.45) is 5.73 Å². The van der Waals surface area contributed by atoms with Crippen molar-refractivity contribution in [1.82, 2.24) is 15.3 Å². The quantitative estimate of drug-likeness (QED) is 0.674. The van der Waals surface area contributed by atoms with Gasteiger partial charge in [0.15, 0.2) is 0 Å². The number of aromatic amines is 1. The van der Waals surface area contributed by atoms with Gasteiger partial charge in [0.25, 0.3) is 5.91 Å². The van der Waals surface area contributed by atoms with E-state index >= 15 is 0 Å². The number of pyridine rings is 1. The Hall–Kier alpha value is -3.41. The molecule has 0 aliphatic carbocycles. The monoisotopic (exact) mass is 346 g/mol. The Bertz CT molecular complexity index is 1010. The molecule has 0 radical (unpaired) electrons. The van der Waals surface area contributed by atoms with E-state index in [4.69, 9.17) is 5.73 Å². The zero-order chi connectivity index (χ0) is 18.1. The fraction of sp³-hybridized carbons (Fsp3) is 0.150.